The minimum absolute atomic E-state index is 0.0491. The number of halogens is 1. The average molecular weight is 424 g/mol. The number of hydrogen-bond acceptors (Lipinski definition) is 4. The fourth-order valence-corrected chi connectivity index (χ4v) is 4.03. The van der Waals surface area contributed by atoms with E-state index in [-0.39, 0.29) is 18.0 Å². The second kappa shape index (κ2) is 6.28. The van der Waals surface area contributed by atoms with E-state index in [9.17, 15) is 18.0 Å². The van der Waals surface area contributed by atoms with Crippen LogP contribution in [0.3, 0.4) is 0 Å². The third-order valence-electron chi connectivity index (χ3n) is 3.07. The molecule has 1 amide bonds. The summed E-state index contributed by atoms with van der Waals surface area (Å²) >= 11 is 2.05. The van der Waals surface area contributed by atoms with E-state index in [0.29, 0.717) is 0 Å². The smallest absolute Gasteiger partial charge is 0.305 e. The summed E-state index contributed by atoms with van der Waals surface area (Å²) in [6.45, 7) is 0.219. The number of amides is 1. The van der Waals surface area contributed by atoms with Crippen LogP contribution < -0.4 is 5.32 Å². The van der Waals surface area contributed by atoms with Gasteiger partial charge in [0.15, 0.2) is 0 Å². The summed E-state index contributed by atoms with van der Waals surface area (Å²) in [5.74, 6) is -1.81. The number of hydrogen-bond donors (Lipinski definition) is 2. The maximum absolute atomic E-state index is 12.6. The Hall–Kier alpha value is -1.20. The Labute approximate surface area is 135 Å². The van der Waals surface area contributed by atoms with Crippen LogP contribution in [0, 0.1) is 3.57 Å². The molecule has 1 atom stereocenters. The Morgan fingerprint density at radius 1 is 1.38 bits per heavy atom. The quantitative estimate of drug-likeness (QED) is 0.675. The number of aliphatic carboxylic acids is 1. The fourth-order valence-electron chi connectivity index (χ4n) is 2.08. The van der Waals surface area contributed by atoms with Crippen LogP contribution in [0.4, 0.5) is 0 Å². The van der Waals surface area contributed by atoms with Crippen LogP contribution in [-0.2, 0) is 19.6 Å². The molecule has 1 fully saturated rings. The molecule has 7 nitrogen and oxygen atoms in total. The van der Waals surface area contributed by atoms with E-state index in [4.69, 9.17) is 5.11 Å². The van der Waals surface area contributed by atoms with Crippen molar-refractivity contribution < 1.29 is 23.1 Å². The van der Waals surface area contributed by atoms with E-state index in [1.807, 2.05) is 0 Å². The van der Waals surface area contributed by atoms with Crippen molar-refractivity contribution in [3.05, 3.63) is 27.8 Å². The third-order valence-corrected chi connectivity index (χ3v) is 5.71. The fraction of sp³-hybridized carbons (Fsp3) is 0.333. The molecular weight excluding hydrogens is 411 g/mol. The van der Waals surface area contributed by atoms with Gasteiger partial charge < -0.3 is 10.4 Å². The second-order valence-electron chi connectivity index (χ2n) is 4.47. The lowest BCUT2D eigenvalue weighted by Gasteiger charge is -2.33. The average Bonchev–Trinajstić information content (AvgIpc) is 2.41. The molecule has 1 saturated heterocycles. The molecule has 1 heterocycles. The lowest BCUT2D eigenvalue weighted by Crippen LogP contribution is -2.57. The number of rotatable bonds is 4. The lowest BCUT2D eigenvalue weighted by molar-refractivity contribution is -0.141. The zero-order valence-corrected chi connectivity index (χ0v) is 13.8. The highest BCUT2D eigenvalue weighted by Crippen LogP contribution is 2.22. The Kier molecular flexibility index (Phi) is 4.84. The van der Waals surface area contributed by atoms with E-state index in [2.05, 4.69) is 27.9 Å². The normalized spacial score (nSPS) is 20.0. The first-order valence-electron chi connectivity index (χ1n) is 6.09. The molecule has 21 heavy (non-hydrogen) atoms. The Balaban J connectivity index is 2.38. The van der Waals surface area contributed by atoms with Crippen LogP contribution in [-0.4, -0.2) is 48.8 Å². The van der Waals surface area contributed by atoms with Gasteiger partial charge >= 0.3 is 5.97 Å². The van der Waals surface area contributed by atoms with Crippen LogP contribution in [0.2, 0.25) is 0 Å². The number of benzene rings is 1. The van der Waals surface area contributed by atoms with Crippen LogP contribution in [0.1, 0.15) is 6.42 Å². The van der Waals surface area contributed by atoms with Gasteiger partial charge in [0.25, 0.3) is 0 Å². The molecule has 0 spiro atoms. The van der Waals surface area contributed by atoms with Gasteiger partial charge in [0.05, 0.1) is 11.3 Å². The Bertz CT molecular complexity index is 659. The van der Waals surface area contributed by atoms with Crippen LogP contribution >= 0.6 is 22.6 Å². The number of sulfonamides is 1. The summed E-state index contributed by atoms with van der Waals surface area (Å²) in [4.78, 5) is 22.7. The number of carbonyl (C=O) groups is 2. The van der Waals surface area contributed by atoms with Gasteiger partial charge in [0, 0.05) is 16.7 Å². The molecule has 0 aromatic heterocycles. The first-order chi connectivity index (χ1) is 9.82. The molecule has 2 rings (SSSR count). The van der Waals surface area contributed by atoms with Gasteiger partial charge in [0.2, 0.25) is 15.9 Å². The molecule has 0 aliphatic carbocycles. The summed E-state index contributed by atoms with van der Waals surface area (Å²) in [5.41, 5.74) is 0. The molecular formula is C12H13IN2O5S. The van der Waals surface area contributed by atoms with Gasteiger partial charge in [-0.05, 0) is 46.9 Å². The van der Waals surface area contributed by atoms with Gasteiger partial charge in [-0.15, -0.1) is 0 Å². The van der Waals surface area contributed by atoms with Crippen molar-refractivity contribution in [2.75, 3.05) is 13.1 Å². The summed E-state index contributed by atoms with van der Waals surface area (Å²) in [6.07, 6.45) is -0.560. The van der Waals surface area contributed by atoms with Crippen molar-refractivity contribution >= 4 is 44.5 Å². The van der Waals surface area contributed by atoms with Gasteiger partial charge in [-0.25, -0.2) is 8.42 Å². The minimum atomic E-state index is -3.90. The summed E-state index contributed by atoms with van der Waals surface area (Å²) in [7, 11) is -3.90. The van der Waals surface area contributed by atoms with Crippen molar-refractivity contribution in [2.45, 2.75) is 17.4 Å². The maximum atomic E-state index is 12.6. The van der Waals surface area contributed by atoms with Crippen LogP contribution in [0.5, 0.6) is 0 Å². The number of carboxylic acids is 1. The lowest BCUT2D eigenvalue weighted by atomic mass is 10.1. The third kappa shape index (κ3) is 3.52. The molecule has 2 N–H and O–H groups in total. The molecule has 1 aliphatic rings. The minimum Gasteiger partial charge on any atom is -0.481 e. The van der Waals surface area contributed by atoms with Crippen molar-refractivity contribution in [3.8, 4) is 0 Å². The molecule has 1 aliphatic heterocycles. The predicted octanol–water partition coefficient (Wildman–Crippen LogP) is 0.255. The first-order valence-corrected chi connectivity index (χ1v) is 8.61. The zero-order chi connectivity index (χ0) is 15.6. The van der Waals surface area contributed by atoms with Gasteiger partial charge in [-0.1, -0.05) is 0 Å². The zero-order valence-electron chi connectivity index (χ0n) is 10.8. The van der Waals surface area contributed by atoms with Gasteiger partial charge in [-0.3, -0.25) is 9.59 Å². The highest BCUT2D eigenvalue weighted by atomic mass is 127. The molecule has 1 aromatic carbocycles. The molecule has 1 unspecified atom stereocenters. The standard InChI is InChI=1S/C12H13IN2O5S/c13-8-1-3-9(4-2-8)21(19,20)15-6-5-14-12(18)10(15)7-11(16)17/h1-4,10H,5-7H2,(H,14,18)(H,16,17). The molecule has 1 aromatic rings. The van der Waals surface area contributed by atoms with E-state index in [1.165, 1.54) is 12.1 Å². The van der Waals surface area contributed by atoms with E-state index < -0.39 is 34.4 Å². The molecule has 9 heteroatoms. The van der Waals surface area contributed by atoms with Crippen molar-refractivity contribution in [1.29, 1.82) is 0 Å². The monoisotopic (exact) mass is 424 g/mol. The maximum Gasteiger partial charge on any atom is 0.305 e. The molecule has 0 saturated carbocycles. The van der Waals surface area contributed by atoms with Crippen LogP contribution in [0.15, 0.2) is 29.2 Å². The highest BCUT2D eigenvalue weighted by Gasteiger charge is 2.39. The summed E-state index contributed by atoms with van der Waals surface area (Å²) in [5, 5.41) is 11.4. The molecule has 0 bridgehead atoms. The van der Waals surface area contributed by atoms with Gasteiger partial charge in [0.1, 0.15) is 6.04 Å². The number of nitrogens with zero attached hydrogens (tertiary/aromatic N) is 1. The first kappa shape index (κ1) is 16.2. The van der Waals surface area contributed by atoms with Gasteiger partial charge in [-0.2, -0.15) is 4.31 Å². The topological polar surface area (TPSA) is 104 Å². The molecule has 114 valence electrons. The van der Waals surface area contributed by atoms with Crippen molar-refractivity contribution in [3.63, 3.8) is 0 Å². The van der Waals surface area contributed by atoms with Crippen LogP contribution in [0.25, 0.3) is 0 Å². The van der Waals surface area contributed by atoms with Crippen molar-refractivity contribution in [1.82, 2.24) is 9.62 Å². The number of carbonyl (C=O) groups excluding carboxylic acids is 1. The van der Waals surface area contributed by atoms with E-state index >= 15 is 0 Å². The largest absolute Gasteiger partial charge is 0.481 e. The van der Waals surface area contributed by atoms with E-state index in [0.717, 1.165) is 7.88 Å². The summed E-state index contributed by atoms with van der Waals surface area (Å²) < 4.78 is 27.0. The second-order valence-corrected chi connectivity index (χ2v) is 7.61. The number of carboxylic acid groups (broad SMARTS) is 1. The highest BCUT2D eigenvalue weighted by molar-refractivity contribution is 14.1. The van der Waals surface area contributed by atoms with E-state index in [1.54, 1.807) is 12.1 Å². The SMILES string of the molecule is O=C(O)CC1C(=O)NCCN1S(=O)(=O)c1ccc(I)cc1. The van der Waals surface area contributed by atoms with Crippen molar-refractivity contribution in [2.24, 2.45) is 0 Å². The Morgan fingerprint density at radius 2 is 2.00 bits per heavy atom. The molecule has 0 radical (unpaired) electrons. The predicted molar refractivity (Wildman–Crippen MR) is 82.1 cm³/mol. The Morgan fingerprint density at radius 3 is 2.57 bits per heavy atom. The number of nitrogens with one attached hydrogen (secondary N) is 1. The number of piperazine rings is 1. The summed E-state index contributed by atoms with van der Waals surface area (Å²) in [6, 6.07) is 4.96.